The molecule has 2 aromatic heterocycles. The Morgan fingerprint density at radius 1 is 0.333 bits per heavy atom. The van der Waals surface area contributed by atoms with E-state index in [2.05, 4.69) is 191 Å². The number of hydrogen-bond donors (Lipinski definition) is 0. The first-order valence-corrected chi connectivity index (χ1v) is 17.3. The number of aromatic nitrogens is 1. The topological polar surface area (TPSA) is 21.3 Å². The van der Waals surface area contributed by atoms with Gasteiger partial charge in [0.05, 0.1) is 11.0 Å². The van der Waals surface area contributed by atoms with Crippen LogP contribution in [0.2, 0.25) is 0 Å². The van der Waals surface area contributed by atoms with Crippen LogP contribution in [0.15, 0.2) is 199 Å². The summed E-state index contributed by atoms with van der Waals surface area (Å²) in [6, 6.07) is 69.2. The van der Waals surface area contributed by atoms with Gasteiger partial charge in [0.15, 0.2) is 0 Å². The van der Waals surface area contributed by atoms with Gasteiger partial charge in [0.2, 0.25) is 0 Å². The molecule has 0 N–H and O–H groups in total. The summed E-state index contributed by atoms with van der Waals surface area (Å²) in [5.74, 6) is 0. The van der Waals surface area contributed by atoms with E-state index >= 15 is 0 Å². The third-order valence-corrected chi connectivity index (χ3v) is 9.98. The van der Waals surface area contributed by atoms with Gasteiger partial charge in [-0.3, -0.25) is 0 Å². The van der Waals surface area contributed by atoms with E-state index in [9.17, 15) is 0 Å². The van der Waals surface area contributed by atoms with Crippen molar-refractivity contribution < 1.29 is 4.42 Å². The lowest BCUT2D eigenvalue weighted by molar-refractivity contribution is 0.669. The summed E-state index contributed by atoms with van der Waals surface area (Å²) in [6.45, 7) is 0. The van der Waals surface area contributed by atoms with Crippen molar-refractivity contribution in [2.24, 2.45) is 0 Å². The quantitative estimate of drug-likeness (QED) is 0.178. The molecule has 3 nitrogen and oxygen atoms in total. The predicted molar refractivity (Wildman–Crippen MR) is 214 cm³/mol. The molecule has 51 heavy (non-hydrogen) atoms. The maximum Gasteiger partial charge on any atom is 0.135 e. The average molecular weight is 653 g/mol. The van der Waals surface area contributed by atoms with Gasteiger partial charge in [0, 0.05) is 44.3 Å². The molecule has 0 spiro atoms. The number of furan rings is 1. The van der Waals surface area contributed by atoms with E-state index in [0.717, 1.165) is 50.3 Å². The Hall–Kier alpha value is -6.84. The Kier molecular flexibility index (Phi) is 6.81. The third-order valence-electron chi connectivity index (χ3n) is 9.98. The molecule has 0 fully saturated rings. The number of anilines is 3. The minimum atomic E-state index is 0.885. The van der Waals surface area contributed by atoms with Crippen molar-refractivity contribution in [3.8, 4) is 27.9 Å². The van der Waals surface area contributed by atoms with Crippen LogP contribution in [0.3, 0.4) is 0 Å². The van der Waals surface area contributed by atoms with E-state index in [4.69, 9.17) is 4.42 Å². The van der Waals surface area contributed by atoms with Gasteiger partial charge in [-0.25, -0.2) is 0 Å². The van der Waals surface area contributed by atoms with Crippen molar-refractivity contribution >= 4 is 60.8 Å². The van der Waals surface area contributed by atoms with Crippen LogP contribution in [-0.4, -0.2) is 4.57 Å². The van der Waals surface area contributed by atoms with Crippen molar-refractivity contribution in [1.82, 2.24) is 4.57 Å². The smallest absolute Gasteiger partial charge is 0.135 e. The molecule has 2 heterocycles. The molecule has 0 radical (unpaired) electrons. The Morgan fingerprint density at radius 3 is 1.76 bits per heavy atom. The summed E-state index contributed by atoms with van der Waals surface area (Å²) in [4.78, 5) is 2.35. The summed E-state index contributed by atoms with van der Waals surface area (Å²) < 4.78 is 8.58. The summed E-state index contributed by atoms with van der Waals surface area (Å²) in [5.41, 5.74) is 13.3. The van der Waals surface area contributed by atoms with E-state index < -0.39 is 0 Å². The molecule has 0 aliphatic heterocycles. The van der Waals surface area contributed by atoms with E-state index in [1.165, 1.54) is 38.5 Å². The van der Waals surface area contributed by atoms with Crippen LogP contribution in [0.25, 0.3) is 71.7 Å². The standard InChI is InChI=1S/C48H32N2O/c1-3-12-33(13-4-1)34-22-25-38(26-23-34)49(40-27-29-48-44(32-40)42-19-8-10-21-47(42)51-48)39-17-11-14-35(30-39)36-24-28-46-43(31-36)41-18-7-9-20-45(41)50(46)37-15-5-2-6-16-37/h1-32H. The summed E-state index contributed by atoms with van der Waals surface area (Å²) in [6.07, 6.45) is 0. The van der Waals surface area contributed by atoms with Crippen LogP contribution in [0, 0.1) is 0 Å². The van der Waals surface area contributed by atoms with Crippen LogP contribution in [0.5, 0.6) is 0 Å². The molecular formula is C48H32N2O. The van der Waals surface area contributed by atoms with E-state index in [0.29, 0.717) is 0 Å². The predicted octanol–water partition coefficient (Wildman–Crippen LogP) is 13.5. The van der Waals surface area contributed by atoms with Gasteiger partial charge in [-0.1, -0.05) is 115 Å². The lowest BCUT2D eigenvalue weighted by Crippen LogP contribution is -2.10. The second-order valence-corrected chi connectivity index (χ2v) is 13.0. The van der Waals surface area contributed by atoms with Gasteiger partial charge in [0.25, 0.3) is 0 Å². The number of benzene rings is 8. The maximum atomic E-state index is 6.22. The number of para-hydroxylation sites is 3. The number of nitrogens with zero attached hydrogens (tertiary/aromatic N) is 2. The highest BCUT2D eigenvalue weighted by molar-refractivity contribution is 6.10. The summed E-state index contributed by atoms with van der Waals surface area (Å²) in [5, 5.41) is 4.70. The van der Waals surface area contributed by atoms with E-state index in [1.54, 1.807) is 0 Å². The van der Waals surface area contributed by atoms with Crippen molar-refractivity contribution in [2.45, 2.75) is 0 Å². The Balaban J connectivity index is 1.12. The van der Waals surface area contributed by atoms with Crippen LogP contribution in [0.4, 0.5) is 17.1 Å². The fourth-order valence-electron chi connectivity index (χ4n) is 7.57. The Morgan fingerprint density at radius 2 is 0.922 bits per heavy atom. The molecular weight excluding hydrogens is 621 g/mol. The van der Waals surface area contributed by atoms with Crippen molar-refractivity contribution in [2.75, 3.05) is 4.90 Å². The van der Waals surface area contributed by atoms with Crippen molar-refractivity contribution in [1.29, 1.82) is 0 Å². The highest BCUT2D eigenvalue weighted by atomic mass is 16.3. The third kappa shape index (κ3) is 4.98. The molecule has 0 unspecified atom stereocenters. The molecule has 0 atom stereocenters. The molecule has 8 aromatic carbocycles. The average Bonchev–Trinajstić information content (AvgIpc) is 3.74. The first kappa shape index (κ1) is 29.1. The van der Waals surface area contributed by atoms with Gasteiger partial charge in [0.1, 0.15) is 11.2 Å². The van der Waals surface area contributed by atoms with Crippen molar-refractivity contribution in [3.05, 3.63) is 194 Å². The Bertz CT molecular complexity index is 2850. The largest absolute Gasteiger partial charge is 0.456 e. The second-order valence-electron chi connectivity index (χ2n) is 13.0. The lowest BCUT2D eigenvalue weighted by Gasteiger charge is -2.26. The first-order chi connectivity index (χ1) is 25.3. The molecule has 0 aliphatic carbocycles. The summed E-state index contributed by atoms with van der Waals surface area (Å²) in [7, 11) is 0. The molecule has 0 saturated heterocycles. The number of fused-ring (bicyclic) bond motifs is 6. The Labute approximate surface area is 295 Å². The van der Waals surface area contributed by atoms with Gasteiger partial charge in [-0.15, -0.1) is 0 Å². The minimum Gasteiger partial charge on any atom is -0.456 e. The van der Waals surface area contributed by atoms with Crippen LogP contribution < -0.4 is 4.90 Å². The SMILES string of the molecule is c1ccc(-c2ccc(N(c3cccc(-c4ccc5c(c4)c4ccccc4n5-c4ccccc4)c3)c3ccc4oc5ccccc5c4c3)cc2)cc1. The fourth-order valence-corrected chi connectivity index (χ4v) is 7.57. The molecule has 10 aromatic rings. The zero-order valence-corrected chi connectivity index (χ0v) is 27.8. The van der Waals surface area contributed by atoms with E-state index in [1.807, 2.05) is 12.1 Å². The first-order valence-electron chi connectivity index (χ1n) is 17.3. The number of hydrogen-bond acceptors (Lipinski definition) is 2. The lowest BCUT2D eigenvalue weighted by atomic mass is 10.0. The normalized spacial score (nSPS) is 11.5. The molecule has 3 heteroatoms. The fraction of sp³-hybridized carbons (Fsp3) is 0. The molecule has 10 rings (SSSR count). The molecule has 0 aliphatic rings. The van der Waals surface area contributed by atoms with Gasteiger partial charge >= 0.3 is 0 Å². The van der Waals surface area contributed by atoms with E-state index in [-0.39, 0.29) is 0 Å². The van der Waals surface area contributed by atoms with Crippen LogP contribution >= 0.6 is 0 Å². The molecule has 240 valence electrons. The van der Waals surface area contributed by atoms with Gasteiger partial charge in [-0.05, 0) is 101 Å². The van der Waals surface area contributed by atoms with Crippen LogP contribution in [-0.2, 0) is 0 Å². The highest BCUT2D eigenvalue weighted by Crippen LogP contribution is 2.41. The zero-order chi connectivity index (χ0) is 33.7. The van der Waals surface area contributed by atoms with Gasteiger partial charge < -0.3 is 13.9 Å². The molecule has 0 bridgehead atoms. The minimum absolute atomic E-state index is 0.885. The monoisotopic (exact) mass is 652 g/mol. The number of rotatable bonds is 6. The van der Waals surface area contributed by atoms with Gasteiger partial charge in [-0.2, -0.15) is 0 Å². The van der Waals surface area contributed by atoms with Crippen molar-refractivity contribution in [3.63, 3.8) is 0 Å². The summed E-state index contributed by atoms with van der Waals surface area (Å²) >= 11 is 0. The highest BCUT2D eigenvalue weighted by Gasteiger charge is 2.18. The zero-order valence-electron chi connectivity index (χ0n) is 27.8. The van der Waals surface area contributed by atoms with Crippen LogP contribution in [0.1, 0.15) is 0 Å². The molecule has 0 amide bonds. The second kappa shape index (κ2) is 11.9. The molecule has 0 saturated carbocycles. The maximum absolute atomic E-state index is 6.22.